The molecule has 0 saturated carbocycles. The number of unbranched alkanes of at least 4 members (excludes halogenated alkanes) is 26. The molecule has 1 amide bonds. The minimum atomic E-state index is -4.34. The summed E-state index contributed by atoms with van der Waals surface area (Å²) in [4.78, 5) is 12.5. The monoisotopic (exact) mass is 724 g/mol. The van der Waals surface area contributed by atoms with Crippen LogP contribution in [0.25, 0.3) is 0 Å². The quantitative estimate of drug-likeness (QED) is 0.0334. The van der Waals surface area contributed by atoms with Crippen molar-refractivity contribution in [2.75, 3.05) is 5.75 Å². The molecule has 6 nitrogen and oxygen atoms in total. The van der Waals surface area contributed by atoms with Crippen LogP contribution in [0.2, 0.25) is 0 Å². The molecule has 0 rings (SSSR count). The van der Waals surface area contributed by atoms with Crippen molar-refractivity contribution in [2.45, 2.75) is 225 Å². The zero-order valence-electron chi connectivity index (χ0n) is 32.8. The molecule has 50 heavy (non-hydrogen) atoms. The summed E-state index contributed by atoms with van der Waals surface area (Å²) in [5, 5.41) is 13.2. The van der Waals surface area contributed by atoms with E-state index in [9.17, 15) is 22.9 Å². The van der Waals surface area contributed by atoms with E-state index < -0.39 is 28.0 Å². The molecule has 0 fully saturated rings. The molecular formula is C43H81NO5S. The third kappa shape index (κ3) is 37.8. The molecule has 0 aromatic heterocycles. The van der Waals surface area contributed by atoms with Crippen molar-refractivity contribution in [3.05, 3.63) is 36.5 Å². The third-order valence-corrected chi connectivity index (χ3v) is 10.3. The van der Waals surface area contributed by atoms with Crippen LogP contribution in [0, 0.1) is 0 Å². The van der Waals surface area contributed by atoms with E-state index >= 15 is 0 Å². The highest BCUT2D eigenvalue weighted by atomic mass is 32.2. The molecule has 0 aromatic rings. The van der Waals surface area contributed by atoms with Gasteiger partial charge in [0, 0.05) is 6.42 Å². The molecule has 0 bridgehead atoms. The van der Waals surface area contributed by atoms with Gasteiger partial charge in [-0.05, 0) is 51.4 Å². The molecule has 0 aliphatic carbocycles. The summed E-state index contributed by atoms with van der Waals surface area (Å²) in [6, 6.07) is -1.06. The molecule has 3 N–H and O–H groups in total. The van der Waals surface area contributed by atoms with Crippen LogP contribution in [0.4, 0.5) is 0 Å². The Balaban J connectivity index is 3.90. The molecule has 0 aliphatic rings. The predicted molar refractivity (Wildman–Crippen MR) is 216 cm³/mol. The summed E-state index contributed by atoms with van der Waals surface area (Å²) >= 11 is 0. The number of hydrogen-bond acceptors (Lipinski definition) is 4. The first kappa shape index (κ1) is 48.6. The average molecular weight is 724 g/mol. The second kappa shape index (κ2) is 37.3. The van der Waals surface area contributed by atoms with Gasteiger partial charge in [0.1, 0.15) is 0 Å². The third-order valence-electron chi connectivity index (χ3n) is 9.56. The molecule has 294 valence electrons. The predicted octanol–water partition coefficient (Wildman–Crippen LogP) is 12.5. The Kier molecular flexibility index (Phi) is 36.2. The lowest BCUT2D eigenvalue weighted by Crippen LogP contribution is -2.46. The fraction of sp³-hybridized carbons (Fsp3) is 0.837. The number of aliphatic hydroxyl groups is 1. The Morgan fingerprint density at radius 1 is 0.540 bits per heavy atom. The molecule has 2 atom stereocenters. The van der Waals surface area contributed by atoms with Crippen molar-refractivity contribution in [1.29, 1.82) is 0 Å². The summed E-state index contributed by atoms with van der Waals surface area (Å²) in [6.45, 7) is 4.50. The van der Waals surface area contributed by atoms with Gasteiger partial charge in [-0.25, -0.2) is 0 Å². The van der Waals surface area contributed by atoms with Gasteiger partial charge in [0.25, 0.3) is 10.1 Å². The number of hydrogen-bond donors (Lipinski definition) is 3. The topological polar surface area (TPSA) is 104 Å². The van der Waals surface area contributed by atoms with E-state index in [0.29, 0.717) is 6.42 Å². The summed E-state index contributed by atoms with van der Waals surface area (Å²) in [5.74, 6) is -0.981. The number of carbonyl (C=O) groups excluding carboxylic acids is 1. The van der Waals surface area contributed by atoms with Gasteiger partial charge >= 0.3 is 0 Å². The van der Waals surface area contributed by atoms with Gasteiger partial charge in [0.15, 0.2) is 0 Å². The van der Waals surface area contributed by atoms with Crippen molar-refractivity contribution < 1.29 is 22.9 Å². The van der Waals surface area contributed by atoms with Crippen LogP contribution >= 0.6 is 0 Å². The van der Waals surface area contributed by atoms with E-state index in [1.807, 2.05) is 6.08 Å². The van der Waals surface area contributed by atoms with Gasteiger partial charge in [-0.15, -0.1) is 0 Å². The van der Waals surface area contributed by atoms with E-state index in [1.54, 1.807) is 6.08 Å². The number of nitrogens with one attached hydrogen (secondary N) is 1. The summed E-state index contributed by atoms with van der Waals surface area (Å²) in [7, 11) is -4.34. The minimum absolute atomic E-state index is 0.282. The second-order valence-electron chi connectivity index (χ2n) is 14.6. The molecule has 7 heteroatoms. The number of rotatable bonds is 38. The molecular weight excluding hydrogens is 643 g/mol. The highest BCUT2D eigenvalue weighted by Gasteiger charge is 2.24. The molecule has 0 radical (unpaired) electrons. The summed E-state index contributed by atoms with van der Waals surface area (Å²) in [5.41, 5.74) is 0. The van der Waals surface area contributed by atoms with Gasteiger partial charge in [-0.1, -0.05) is 192 Å². The smallest absolute Gasteiger partial charge is 0.267 e. The van der Waals surface area contributed by atoms with Crippen LogP contribution in [-0.4, -0.2) is 41.9 Å². The standard InChI is InChI=1S/C43H81NO5S/c1-3-5-7-9-11-13-15-17-19-21-22-23-25-27-29-31-33-35-37-39-43(46)44-41(40-50(47,48)49)42(45)38-36-34-32-30-28-26-24-20-18-16-14-12-10-8-6-4-2/h11,13,17,19,36,38,41-42,45H,3-10,12,14-16,18,20-35,37,39-40H2,1-2H3,(H,44,46)(H,47,48,49)/b13-11-,19-17-,38-36+. The lowest BCUT2D eigenvalue weighted by molar-refractivity contribution is -0.122. The van der Waals surface area contributed by atoms with Crippen molar-refractivity contribution in [1.82, 2.24) is 5.32 Å². The van der Waals surface area contributed by atoms with Crippen LogP contribution in [0.1, 0.15) is 213 Å². The summed E-state index contributed by atoms with van der Waals surface area (Å²) < 4.78 is 32.5. The highest BCUT2D eigenvalue weighted by molar-refractivity contribution is 7.85. The number of carbonyl (C=O) groups is 1. The fourth-order valence-electron chi connectivity index (χ4n) is 6.36. The van der Waals surface area contributed by atoms with Crippen LogP contribution in [0.5, 0.6) is 0 Å². The zero-order chi connectivity index (χ0) is 36.8. The van der Waals surface area contributed by atoms with Gasteiger partial charge in [-0.3, -0.25) is 9.35 Å². The lowest BCUT2D eigenvalue weighted by Gasteiger charge is -2.21. The second-order valence-corrected chi connectivity index (χ2v) is 16.1. The normalized spacial score (nSPS) is 13.6. The van der Waals surface area contributed by atoms with Crippen molar-refractivity contribution >= 4 is 16.0 Å². The van der Waals surface area contributed by atoms with E-state index in [2.05, 4.69) is 43.5 Å². The number of allylic oxidation sites excluding steroid dienone is 5. The fourth-order valence-corrected chi connectivity index (χ4v) is 7.10. The molecule has 0 heterocycles. The van der Waals surface area contributed by atoms with Crippen molar-refractivity contribution in [2.24, 2.45) is 0 Å². The number of amides is 1. The zero-order valence-corrected chi connectivity index (χ0v) is 33.6. The van der Waals surface area contributed by atoms with Gasteiger partial charge in [-0.2, -0.15) is 8.42 Å². The van der Waals surface area contributed by atoms with Crippen LogP contribution in [-0.2, 0) is 14.9 Å². The largest absolute Gasteiger partial charge is 0.387 e. The van der Waals surface area contributed by atoms with Crippen LogP contribution in [0.15, 0.2) is 36.5 Å². The molecule has 0 saturated heterocycles. The Bertz CT molecular complexity index is 930. The molecule has 0 spiro atoms. The first-order valence-corrected chi connectivity index (χ1v) is 22.8. The van der Waals surface area contributed by atoms with Crippen molar-refractivity contribution in [3.63, 3.8) is 0 Å². The van der Waals surface area contributed by atoms with E-state index in [4.69, 9.17) is 0 Å². The maximum Gasteiger partial charge on any atom is 0.267 e. The van der Waals surface area contributed by atoms with Gasteiger partial charge in [0.2, 0.25) is 5.91 Å². The Morgan fingerprint density at radius 2 is 0.900 bits per heavy atom. The Labute approximate surface area is 310 Å². The van der Waals surface area contributed by atoms with E-state index in [0.717, 1.165) is 44.9 Å². The van der Waals surface area contributed by atoms with Gasteiger partial charge in [0.05, 0.1) is 17.9 Å². The molecule has 0 aliphatic heterocycles. The van der Waals surface area contributed by atoms with E-state index in [1.165, 1.54) is 148 Å². The van der Waals surface area contributed by atoms with Gasteiger partial charge < -0.3 is 10.4 Å². The van der Waals surface area contributed by atoms with E-state index in [-0.39, 0.29) is 5.91 Å². The van der Waals surface area contributed by atoms with Crippen LogP contribution < -0.4 is 5.32 Å². The highest BCUT2D eigenvalue weighted by Crippen LogP contribution is 2.15. The summed E-state index contributed by atoms with van der Waals surface area (Å²) in [6.07, 6.45) is 48.4. The lowest BCUT2D eigenvalue weighted by atomic mass is 10.0. The SMILES string of the molecule is CCCCC/C=C\C/C=C\CCCCCCCCCCCC(=O)NC(CS(=O)(=O)O)C(O)/C=C/CCCCCCCCCCCCCCCC. The minimum Gasteiger partial charge on any atom is -0.387 e. The maximum absolute atomic E-state index is 12.5. The maximum atomic E-state index is 12.5. The average Bonchev–Trinajstić information content (AvgIpc) is 3.08. The Hall–Kier alpha value is -1.44. The van der Waals surface area contributed by atoms with Crippen LogP contribution in [0.3, 0.4) is 0 Å². The number of aliphatic hydroxyl groups excluding tert-OH is 1. The first-order valence-electron chi connectivity index (χ1n) is 21.2. The molecule has 2 unspecified atom stereocenters. The Morgan fingerprint density at radius 3 is 1.34 bits per heavy atom. The molecule has 0 aromatic carbocycles. The first-order chi connectivity index (χ1) is 24.3. The van der Waals surface area contributed by atoms with Crippen molar-refractivity contribution in [3.8, 4) is 0 Å².